The normalized spacial score (nSPS) is 14.8. The molecule has 2 aromatic rings. The van der Waals surface area contributed by atoms with Gasteiger partial charge in [-0.05, 0) is 25.0 Å². The molecule has 1 aliphatic rings. The number of amides is 2. The first-order chi connectivity index (χ1) is 12.7. The zero-order valence-corrected chi connectivity index (χ0v) is 15.0. The van der Waals surface area contributed by atoms with Gasteiger partial charge in [0.15, 0.2) is 0 Å². The molecule has 1 aromatic heterocycles. The molecule has 2 amide bonds. The Morgan fingerprint density at radius 2 is 1.88 bits per heavy atom. The average Bonchev–Trinajstić information content (AvgIpc) is 3.16. The molecule has 0 unspecified atom stereocenters. The van der Waals surface area contributed by atoms with Crippen molar-refractivity contribution in [2.45, 2.75) is 51.5 Å². The predicted molar refractivity (Wildman–Crippen MR) is 96.5 cm³/mol. The van der Waals surface area contributed by atoms with Crippen LogP contribution in [0.4, 0.5) is 0 Å². The first kappa shape index (κ1) is 18.1. The third-order valence-corrected chi connectivity index (χ3v) is 4.56. The van der Waals surface area contributed by atoms with E-state index in [4.69, 9.17) is 4.52 Å². The number of hydrogen-bond donors (Lipinski definition) is 2. The Morgan fingerprint density at radius 1 is 1.15 bits per heavy atom. The van der Waals surface area contributed by atoms with Gasteiger partial charge in [-0.2, -0.15) is 4.98 Å². The molecule has 0 atom stereocenters. The molecule has 7 heteroatoms. The zero-order chi connectivity index (χ0) is 18.4. The zero-order valence-electron chi connectivity index (χ0n) is 15.0. The first-order valence-electron chi connectivity index (χ1n) is 9.16. The summed E-state index contributed by atoms with van der Waals surface area (Å²) in [5.74, 6) is 0.657. The van der Waals surface area contributed by atoms with E-state index in [0.717, 1.165) is 31.2 Å². The summed E-state index contributed by atoms with van der Waals surface area (Å²) in [6, 6.07) is 7.15. The third kappa shape index (κ3) is 4.68. The fraction of sp³-hybridized carbons (Fsp3) is 0.474. The fourth-order valence-corrected chi connectivity index (χ4v) is 3.07. The Bertz CT molecular complexity index is 748. The maximum absolute atomic E-state index is 12.2. The Balaban J connectivity index is 1.50. The largest absolute Gasteiger partial charge is 0.352 e. The molecule has 0 bridgehead atoms. The monoisotopic (exact) mass is 356 g/mol. The molecule has 0 spiro atoms. The molecule has 1 fully saturated rings. The van der Waals surface area contributed by atoms with Crippen molar-refractivity contribution in [3.8, 4) is 11.4 Å². The molecule has 7 nitrogen and oxygen atoms in total. The topological polar surface area (TPSA) is 97.1 Å². The number of carbonyl (C=O) groups excluding carboxylic acids is 2. The van der Waals surface area contributed by atoms with Gasteiger partial charge in [0, 0.05) is 23.6 Å². The Labute approximate surface area is 152 Å². The minimum atomic E-state index is -0.280. The summed E-state index contributed by atoms with van der Waals surface area (Å²) in [7, 11) is 0. The molecule has 138 valence electrons. The van der Waals surface area contributed by atoms with Crippen molar-refractivity contribution in [3.05, 3.63) is 35.7 Å². The van der Waals surface area contributed by atoms with E-state index in [0.29, 0.717) is 23.7 Å². The van der Waals surface area contributed by atoms with Crippen LogP contribution in [0.1, 0.15) is 55.3 Å². The lowest BCUT2D eigenvalue weighted by Gasteiger charge is -2.22. The van der Waals surface area contributed by atoms with Crippen LogP contribution in [-0.2, 0) is 11.2 Å². The molecule has 26 heavy (non-hydrogen) atoms. The minimum Gasteiger partial charge on any atom is -0.352 e. The van der Waals surface area contributed by atoms with E-state index in [1.54, 1.807) is 24.3 Å². The summed E-state index contributed by atoms with van der Waals surface area (Å²) in [5.41, 5.74) is 1.26. The summed E-state index contributed by atoms with van der Waals surface area (Å²) in [5, 5.41) is 9.55. The molecule has 0 radical (unpaired) electrons. The highest BCUT2D eigenvalue weighted by atomic mass is 16.5. The van der Waals surface area contributed by atoms with E-state index in [-0.39, 0.29) is 24.4 Å². The highest BCUT2D eigenvalue weighted by molar-refractivity contribution is 5.96. The van der Waals surface area contributed by atoms with E-state index >= 15 is 0 Å². The summed E-state index contributed by atoms with van der Waals surface area (Å²) in [4.78, 5) is 28.4. The predicted octanol–water partition coefficient (Wildman–Crippen LogP) is 2.48. The Hall–Kier alpha value is -2.70. The highest BCUT2D eigenvalue weighted by Gasteiger charge is 2.16. The molecule has 3 rings (SSSR count). The number of hydrogen-bond acceptors (Lipinski definition) is 5. The van der Waals surface area contributed by atoms with Crippen LogP contribution >= 0.6 is 0 Å². The van der Waals surface area contributed by atoms with Crippen LogP contribution in [0.3, 0.4) is 0 Å². The fourth-order valence-electron chi connectivity index (χ4n) is 3.07. The van der Waals surface area contributed by atoms with Crippen LogP contribution in [0.5, 0.6) is 0 Å². The van der Waals surface area contributed by atoms with Gasteiger partial charge < -0.3 is 15.2 Å². The van der Waals surface area contributed by atoms with E-state index in [1.165, 1.54) is 6.42 Å². The standard InChI is InChI=1S/C19H24N4O3/c1-2-17-22-18(23-26-17)13-8-10-14(11-9-13)19(25)20-12-16(24)21-15-6-4-3-5-7-15/h8-11,15H,2-7,12H2,1H3,(H,20,25)(H,21,24). The van der Waals surface area contributed by atoms with Crippen LogP contribution in [0.25, 0.3) is 11.4 Å². The molecular weight excluding hydrogens is 332 g/mol. The molecule has 0 aliphatic heterocycles. The van der Waals surface area contributed by atoms with Crippen molar-refractivity contribution in [2.75, 3.05) is 6.54 Å². The minimum absolute atomic E-state index is 0.0121. The number of benzene rings is 1. The lowest BCUT2D eigenvalue weighted by Crippen LogP contribution is -2.42. The summed E-state index contributed by atoms with van der Waals surface area (Å²) >= 11 is 0. The van der Waals surface area contributed by atoms with E-state index in [9.17, 15) is 9.59 Å². The second kappa shape index (κ2) is 8.60. The number of nitrogens with zero attached hydrogens (tertiary/aromatic N) is 2. The number of carbonyl (C=O) groups is 2. The SMILES string of the molecule is CCc1nc(-c2ccc(C(=O)NCC(=O)NC3CCCCC3)cc2)no1. The Morgan fingerprint density at radius 3 is 2.54 bits per heavy atom. The van der Waals surface area contributed by atoms with Gasteiger partial charge in [-0.15, -0.1) is 0 Å². The van der Waals surface area contributed by atoms with Gasteiger partial charge in [0.2, 0.25) is 17.6 Å². The van der Waals surface area contributed by atoms with Gasteiger partial charge in [-0.25, -0.2) is 0 Å². The van der Waals surface area contributed by atoms with E-state index < -0.39 is 0 Å². The molecular formula is C19H24N4O3. The molecule has 2 N–H and O–H groups in total. The van der Waals surface area contributed by atoms with Crippen molar-refractivity contribution in [3.63, 3.8) is 0 Å². The molecule has 1 aromatic carbocycles. The molecule has 0 saturated heterocycles. The Kier molecular flexibility index (Phi) is 5.99. The average molecular weight is 356 g/mol. The smallest absolute Gasteiger partial charge is 0.251 e. The quantitative estimate of drug-likeness (QED) is 0.829. The van der Waals surface area contributed by atoms with Crippen molar-refractivity contribution in [1.82, 2.24) is 20.8 Å². The van der Waals surface area contributed by atoms with Gasteiger partial charge in [-0.1, -0.05) is 43.5 Å². The maximum atomic E-state index is 12.2. The molecule has 1 saturated carbocycles. The van der Waals surface area contributed by atoms with Crippen molar-refractivity contribution in [1.29, 1.82) is 0 Å². The molecule has 1 heterocycles. The highest BCUT2D eigenvalue weighted by Crippen LogP contribution is 2.18. The first-order valence-corrected chi connectivity index (χ1v) is 9.16. The lowest BCUT2D eigenvalue weighted by molar-refractivity contribution is -0.121. The van der Waals surface area contributed by atoms with Gasteiger partial charge in [0.05, 0.1) is 6.54 Å². The number of rotatable bonds is 6. The van der Waals surface area contributed by atoms with E-state index in [2.05, 4.69) is 20.8 Å². The van der Waals surface area contributed by atoms with Gasteiger partial charge in [0.1, 0.15) is 0 Å². The van der Waals surface area contributed by atoms with Crippen LogP contribution in [0, 0.1) is 0 Å². The number of nitrogens with one attached hydrogen (secondary N) is 2. The van der Waals surface area contributed by atoms with Gasteiger partial charge in [0.25, 0.3) is 5.91 Å². The summed E-state index contributed by atoms with van der Waals surface area (Å²) in [6.45, 7) is 1.93. The maximum Gasteiger partial charge on any atom is 0.251 e. The number of aryl methyl sites for hydroxylation is 1. The van der Waals surface area contributed by atoms with Crippen LogP contribution < -0.4 is 10.6 Å². The second-order valence-corrected chi connectivity index (χ2v) is 6.53. The number of aromatic nitrogens is 2. The van der Waals surface area contributed by atoms with Crippen LogP contribution in [-0.4, -0.2) is 34.5 Å². The van der Waals surface area contributed by atoms with Gasteiger partial charge >= 0.3 is 0 Å². The van der Waals surface area contributed by atoms with E-state index in [1.807, 2.05) is 6.92 Å². The van der Waals surface area contributed by atoms with Crippen molar-refractivity contribution < 1.29 is 14.1 Å². The van der Waals surface area contributed by atoms with Crippen LogP contribution in [0.2, 0.25) is 0 Å². The van der Waals surface area contributed by atoms with Crippen molar-refractivity contribution >= 4 is 11.8 Å². The summed E-state index contributed by atoms with van der Waals surface area (Å²) < 4.78 is 5.09. The molecule has 1 aliphatic carbocycles. The lowest BCUT2D eigenvalue weighted by atomic mass is 9.95. The summed E-state index contributed by atoms with van der Waals surface area (Å²) in [6.07, 6.45) is 6.28. The third-order valence-electron chi connectivity index (χ3n) is 4.56. The second-order valence-electron chi connectivity index (χ2n) is 6.53. The van der Waals surface area contributed by atoms with Crippen molar-refractivity contribution in [2.24, 2.45) is 0 Å². The van der Waals surface area contributed by atoms with Crippen LogP contribution in [0.15, 0.2) is 28.8 Å². The van der Waals surface area contributed by atoms with Gasteiger partial charge in [-0.3, -0.25) is 9.59 Å².